The Balaban J connectivity index is 2.33. The zero-order valence-electron chi connectivity index (χ0n) is 9.08. The third kappa shape index (κ3) is 2.85. The molecule has 2 rings (SSSR count). The number of aliphatic hydroxyl groups excluding tert-OH is 1. The zero-order chi connectivity index (χ0) is 12.5. The summed E-state index contributed by atoms with van der Waals surface area (Å²) < 4.78 is 26.6. The van der Waals surface area contributed by atoms with E-state index >= 15 is 0 Å². The minimum absolute atomic E-state index is 0.0335. The number of pyridine rings is 1. The van der Waals surface area contributed by atoms with Crippen molar-refractivity contribution in [1.82, 2.24) is 9.29 Å². The van der Waals surface area contributed by atoms with Gasteiger partial charge in [0.25, 0.3) is 0 Å². The molecule has 94 valence electrons. The first-order valence-electron chi connectivity index (χ1n) is 5.29. The third-order valence-electron chi connectivity index (χ3n) is 2.56. The van der Waals surface area contributed by atoms with E-state index in [1.54, 1.807) is 0 Å². The van der Waals surface area contributed by atoms with Gasteiger partial charge in [-0.05, 0) is 34.8 Å². The molecule has 1 N–H and O–H groups in total. The molecule has 0 amide bonds. The summed E-state index contributed by atoms with van der Waals surface area (Å²) in [5.41, 5.74) is 0. The summed E-state index contributed by atoms with van der Waals surface area (Å²) in [7, 11) is -3.54. The third-order valence-corrected chi connectivity index (χ3v) is 4.91. The molecular formula is C10H13BrN2O3S. The van der Waals surface area contributed by atoms with Gasteiger partial charge in [-0.1, -0.05) is 0 Å². The molecule has 17 heavy (non-hydrogen) atoms. The summed E-state index contributed by atoms with van der Waals surface area (Å²) in [6.07, 6.45) is 4.58. The number of halogens is 1. The van der Waals surface area contributed by atoms with Crippen LogP contribution in [0.3, 0.4) is 0 Å². The first-order valence-corrected chi connectivity index (χ1v) is 7.52. The highest BCUT2D eigenvalue weighted by atomic mass is 79.9. The zero-order valence-corrected chi connectivity index (χ0v) is 11.5. The molecule has 0 atom stereocenters. The maximum Gasteiger partial charge on any atom is 0.244 e. The van der Waals surface area contributed by atoms with Gasteiger partial charge in [0.15, 0.2) is 0 Å². The summed E-state index contributed by atoms with van der Waals surface area (Å²) in [6, 6.07) is 1.56. The number of aliphatic hydroxyl groups is 1. The molecule has 1 aliphatic carbocycles. The van der Waals surface area contributed by atoms with Crippen molar-refractivity contribution in [1.29, 1.82) is 0 Å². The van der Waals surface area contributed by atoms with Crippen molar-refractivity contribution >= 4 is 26.0 Å². The highest BCUT2D eigenvalue weighted by molar-refractivity contribution is 9.10. The Morgan fingerprint density at radius 3 is 2.71 bits per heavy atom. The van der Waals surface area contributed by atoms with Crippen LogP contribution in [0.1, 0.15) is 12.8 Å². The molecule has 0 unspecified atom stereocenters. The molecular weight excluding hydrogens is 308 g/mol. The maximum atomic E-state index is 12.3. The van der Waals surface area contributed by atoms with Crippen LogP contribution in [0.25, 0.3) is 0 Å². The molecule has 0 spiro atoms. The predicted octanol–water partition coefficient (Wildman–Crippen LogP) is 0.990. The topological polar surface area (TPSA) is 70.5 Å². The Labute approximate surface area is 109 Å². The molecule has 1 heterocycles. The van der Waals surface area contributed by atoms with E-state index in [1.807, 2.05) is 0 Å². The Bertz CT molecular complexity index is 502. The molecule has 1 aliphatic rings. The van der Waals surface area contributed by atoms with Crippen LogP contribution in [0.2, 0.25) is 0 Å². The summed E-state index contributed by atoms with van der Waals surface area (Å²) in [5.74, 6) is 0. The smallest absolute Gasteiger partial charge is 0.244 e. The molecule has 0 aliphatic heterocycles. The van der Waals surface area contributed by atoms with E-state index in [1.165, 1.54) is 22.8 Å². The van der Waals surface area contributed by atoms with E-state index in [-0.39, 0.29) is 24.1 Å². The Morgan fingerprint density at radius 2 is 2.18 bits per heavy atom. The van der Waals surface area contributed by atoms with Crippen molar-refractivity contribution in [2.75, 3.05) is 13.2 Å². The molecule has 1 fully saturated rings. The second-order valence-electron chi connectivity index (χ2n) is 3.91. The van der Waals surface area contributed by atoms with Crippen molar-refractivity contribution in [3.63, 3.8) is 0 Å². The van der Waals surface area contributed by atoms with Crippen LogP contribution in [-0.4, -0.2) is 42.0 Å². The lowest BCUT2D eigenvalue weighted by atomic mass is 10.5. The lowest BCUT2D eigenvalue weighted by Crippen LogP contribution is -2.35. The van der Waals surface area contributed by atoms with Gasteiger partial charge in [-0.15, -0.1) is 0 Å². The van der Waals surface area contributed by atoms with Crippen LogP contribution in [0.15, 0.2) is 27.8 Å². The summed E-state index contributed by atoms with van der Waals surface area (Å²) in [6.45, 7) is -0.0311. The van der Waals surface area contributed by atoms with Gasteiger partial charge < -0.3 is 5.11 Å². The van der Waals surface area contributed by atoms with Crippen molar-refractivity contribution in [3.8, 4) is 0 Å². The number of nitrogens with zero attached hydrogens (tertiary/aromatic N) is 2. The minimum atomic E-state index is -3.54. The van der Waals surface area contributed by atoms with Crippen LogP contribution in [0.4, 0.5) is 0 Å². The molecule has 0 aromatic carbocycles. The van der Waals surface area contributed by atoms with E-state index in [9.17, 15) is 8.42 Å². The first kappa shape index (κ1) is 12.9. The molecule has 1 aromatic rings. The molecule has 7 heteroatoms. The summed E-state index contributed by atoms with van der Waals surface area (Å²) >= 11 is 3.20. The van der Waals surface area contributed by atoms with E-state index in [0.29, 0.717) is 4.47 Å². The normalized spacial score (nSPS) is 16.4. The average molecular weight is 321 g/mol. The van der Waals surface area contributed by atoms with Gasteiger partial charge >= 0.3 is 0 Å². The van der Waals surface area contributed by atoms with Crippen molar-refractivity contribution in [3.05, 3.63) is 22.9 Å². The standard InChI is InChI=1S/C10H13BrN2O3S/c11-8-5-10(7-12-6-8)17(15,16)13(3-4-14)9-1-2-9/h5-7,9,14H,1-4H2. The fraction of sp³-hybridized carbons (Fsp3) is 0.500. The Kier molecular flexibility index (Phi) is 3.82. The van der Waals surface area contributed by atoms with Gasteiger partial charge in [0.1, 0.15) is 4.90 Å². The first-order chi connectivity index (χ1) is 8.05. The van der Waals surface area contributed by atoms with E-state index in [2.05, 4.69) is 20.9 Å². The van der Waals surface area contributed by atoms with E-state index < -0.39 is 10.0 Å². The number of hydrogen-bond donors (Lipinski definition) is 1. The summed E-state index contributed by atoms with van der Waals surface area (Å²) in [5, 5.41) is 8.95. The van der Waals surface area contributed by atoms with Gasteiger partial charge in [-0.2, -0.15) is 4.31 Å². The molecule has 1 saturated carbocycles. The molecule has 0 saturated heterocycles. The molecule has 5 nitrogen and oxygen atoms in total. The van der Waals surface area contributed by atoms with Gasteiger partial charge in [-0.25, -0.2) is 8.42 Å². The second kappa shape index (κ2) is 5.01. The second-order valence-corrected chi connectivity index (χ2v) is 6.72. The van der Waals surface area contributed by atoms with Crippen LogP contribution < -0.4 is 0 Å². The Morgan fingerprint density at radius 1 is 1.47 bits per heavy atom. The number of hydrogen-bond acceptors (Lipinski definition) is 4. The molecule has 0 bridgehead atoms. The van der Waals surface area contributed by atoms with Gasteiger partial charge in [0.05, 0.1) is 6.61 Å². The van der Waals surface area contributed by atoms with Crippen LogP contribution in [0.5, 0.6) is 0 Å². The van der Waals surface area contributed by atoms with Crippen molar-refractivity contribution in [2.24, 2.45) is 0 Å². The highest BCUT2D eigenvalue weighted by Crippen LogP contribution is 2.31. The molecule has 1 aromatic heterocycles. The number of sulfonamides is 1. The number of rotatable bonds is 5. The van der Waals surface area contributed by atoms with E-state index in [0.717, 1.165) is 12.8 Å². The fourth-order valence-electron chi connectivity index (χ4n) is 1.63. The average Bonchev–Trinajstić information content (AvgIpc) is 3.09. The lowest BCUT2D eigenvalue weighted by molar-refractivity contribution is 0.250. The highest BCUT2D eigenvalue weighted by Gasteiger charge is 2.37. The number of aromatic nitrogens is 1. The van der Waals surface area contributed by atoms with Gasteiger partial charge in [0, 0.05) is 29.5 Å². The molecule has 0 radical (unpaired) electrons. The van der Waals surface area contributed by atoms with Crippen LogP contribution in [-0.2, 0) is 10.0 Å². The lowest BCUT2D eigenvalue weighted by Gasteiger charge is -2.20. The fourth-order valence-corrected chi connectivity index (χ4v) is 3.81. The Hall–Kier alpha value is -0.500. The van der Waals surface area contributed by atoms with Crippen molar-refractivity contribution in [2.45, 2.75) is 23.8 Å². The van der Waals surface area contributed by atoms with Crippen LogP contribution >= 0.6 is 15.9 Å². The monoisotopic (exact) mass is 320 g/mol. The maximum absolute atomic E-state index is 12.3. The SMILES string of the molecule is O=S(=O)(c1cncc(Br)c1)N(CCO)C1CC1. The quantitative estimate of drug-likeness (QED) is 0.878. The van der Waals surface area contributed by atoms with Crippen LogP contribution in [0, 0.1) is 0 Å². The van der Waals surface area contributed by atoms with E-state index in [4.69, 9.17) is 5.11 Å². The predicted molar refractivity (Wildman–Crippen MR) is 65.9 cm³/mol. The van der Waals surface area contributed by atoms with Crippen molar-refractivity contribution < 1.29 is 13.5 Å². The minimum Gasteiger partial charge on any atom is -0.395 e. The van der Waals surface area contributed by atoms with Gasteiger partial charge in [-0.3, -0.25) is 4.98 Å². The largest absolute Gasteiger partial charge is 0.395 e. The van der Waals surface area contributed by atoms with Gasteiger partial charge in [0.2, 0.25) is 10.0 Å². The summed E-state index contributed by atoms with van der Waals surface area (Å²) in [4.78, 5) is 4.02.